The molecule has 7 nitrogen and oxygen atoms in total. The van der Waals surface area contributed by atoms with Gasteiger partial charge in [0.1, 0.15) is 5.82 Å². The minimum atomic E-state index is -4.85. The minimum Gasteiger partial charge on any atom is -0.493 e. The molecule has 0 saturated carbocycles. The number of hydrogen-bond acceptors (Lipinski definition) is 5. The second-order valence-electron chi connectivity index (χ2n) is 7.62. The first-order valence-corrected chi connectivity index (χ1v) is 12.4. The van der Waals surface area contributed by atoms with Gasteiger partial charge >= 0.3 is 6.18 Å². The van der Waals surface area contributed by atoms with Gasteiger partial charge in [0.05, 0.1) is 35.9 Å². The third-order valence-electron chi connectivity index (χ3n) is 5.18. The highest BCUT2D eigenvalue weighted by Crippen LogP contribution is 2.36. The van der Waals surface area contributed by atoms with Crippen LogP contribution in [0.1, 0.15) is 21.5 Å². The predicted octanol–water partition coefficient (Wildman–Crippen LogP) is 5.29. The molecule has 13 heteroatoms. The van der Waals surface area contributed by atoms with Crippen LogP contribution in [0.4, 0.5) is 23.2 Å². The Morgan fingerprint density at radius 3 is 2.32 bits per heavy atom. The second-order valence-corrected chi connectivity index (χ2v) is 9.82. The molecular weight excluding hydrogens is 540 g/mol. The molecule has 0 spiro atoms. The molecule has 0 unspecified atom stereocenters. The molecule has 0 aliphatic heterocycles. The topological polar surface area (TPSA) is 93.7 Å². The molecule has 0 aromatic heterocycles. The van der Waals surface area contributed by atoms with E-state index in [1.54, 1.807) is 18.2 Å². The molecule has 0 saturated heterocycles. The zero-order chi connectivity index (χ0) is 27.4. The number of alkyl halides is 3. The van der Waals surface area contributed by atoms with E-state index in [4.69, 9.17) is 21.1 Å². The monoisotopic (exact) mass is 560 g/mol. The number of sulfonamides is 1. The van der Waals surface area contributed by atoms with E-state index in [9.17, 15) is 30.8 Å². The fraction of sp³-hybridized carbons (Fsp3) is 0.208. The summed E-state index contributed by atoms with van der Waals surface area (Å²) in [6.45, 7) is -0.0452. The van der Waals surface area contributed by atoms with Gasteiger partial charge in [-0.25, -0.2) is 17.5 Å². The molecule has 0 aliphatic rings. The summed E-state index contributed by atoms with van der Waals surface area (Å²) in [6, 6.07) is 10.1. The van der Waals surface area contributed by atoms with E-state index in [2.05, 4.69) is 4.72 Å². The van der Waals surface area contributed by atoms with Crippen molar-refractivity contribution in [3.63, 3.8) is 0 Å². The largest absolute Gasteiger partial charge is 0.493 e. The highest BCUT2D eigenvalue weighted by Gasteiger charge is 2.34. The molecule has 0 aliphatic carbocycles. The van der Waals surface area contributed by atoms with Gasteiger partial charge in [-0.1, -0.05) is 17.7 Å². The average Bonchev–Trinajstić information content (AvgIpc) is 2.84. The van der Waals surface area contributed by atoms with Gasteiger partial charge in [-0.3, -0.25) is 4.79 Å². The Hall–Kier alpha value is -3.35. The summed E-state index contributed by atoms with van der Waals surface area (Å²) in [4.78, 5) is 12.2. The Kier molecular flexibility index (Phi) is 8.67. The zero-order valence-corrected chi connectivity index (χ0v) is 21.0. The minimum absolute atomic E-state index is 0.0452. The summed E-state index contributed by atoms with van der Waals surface area (Å²) in [5.74, 6) is -1.42. The number of nitrogens with one attached hydrogen (secondary N) is 2. The van der Waals surface area contributed by atoms with Gasteiger partial charge in [0.25, 0.3) is 5.91 Å². The normalized spacial score (nSPS) is 11.8. The molecule has 2 N–H and O–H groups in total. The Morgan fingerprint density at radius 1 is 0.973 bits per heavy atom. The zero-order valence-electron chi connectivity index (χ0n) is 19.4. The number of benzene rings is 3. The maximum absolute atomic E-state index is 14.4. The van der Waals surface area contributed by atoms with Gasteiger partial charge < -0.3 is 14.8 Å². The van der Waals surface area contributed by atoms with Crippen LogP contribution in [0.15, 0.2) is 59.5 Å². The van der Waals surface area contributed by atoms with Crippen molar-refractivity contribution in [2.45, 2.75) is 17.5 Å². The van der Waals surface area contributed by atoms with Gasteiger partial charge in [-0.15, -0.1) is 0 Å². The Balaban J connectivity index is 1.77. The van der Waals surface area contributed by atoms with E-state index in [1.807, 2.05) is 5.32 Å². The summed E-state index contributed by atoms with van der Waals surface area (Å²) >= 11 is 5.62. The van der Waals surface area contributed by atoms with Crippen LogP contribution in [0.2, 0.25) is 5.02 Å². The van der Waals surface area contributed by atoms with Crippen LogP contribution in [0.3, 0.4) is 0 Å². The first kappa shape index (κ1) is 28.2. The first-order valence-electron chi connectivity index (χ1n) is 10.5. The number of amides is 1. The Morgan fingerprint density at radius 2 is 1.68 bits per heavy atom. The number of methoxy groups -OCH3 is 2. The Labute approximate surface area is 215 Å². The lowest BCUT2D eigenvalue weighted by molar-refractivity contribution is -0.136. The van der Waals surface area contributed by atoms with Crippen molar-refractivity contribution in [3.8, 4) is 11.5 Å². The molecule has 0 atom stereocenters. The number of carbonyl (C=O) groups is 1. The summed E-state index contributed by atoms with van der Waals surface area (Å²) in [7, 11) is -1.25. The fourth-order valence-electron chi connectivity index (χ4n) is 3.34. The lowest BCUT2D eigenvalue weighted by atomic mass is 10.1. The quantitative estimate of drug-likeness (QED) is 0.347. The van der Waals surface area contributed by atoms with E-state index in [0.29, 0.717) is 17.6 Å². The van der Waals surface area contributed by atoms with E-state index in [0.717, 1.165) is 35.9 Å². The number of halogens is 5. The van der Waals surface area contributed by atoms with Gasteiger partial charge in [-0.2, -0.15) is 13.2 Å². The van der Waals surface area contributed by atoms with E-state index in [1.165, 1.54) is 14.2 Å². The molecule has 3 rings (SSSR count). The highest BCUT2D eigenvalue weighted by molar-refractivity contribution is 7.89. The molecule has 37 heavy (non-hydrogen) atoms. The van der Waals surface area contributed by atoms with Crippen molar-refractivity contribution in [2.24, 2.45) is 0 Å². The molecule has 0 bridgehead atoms. The summed E-state index contributed by atoms with van der Waals surface area (Å²) in [6.07, 6.45) is -4.58. The fourth-order valence-corrected chi connectivity index (χ4v) is 4.57. The molecule has 0 heterocycles. The standard InChI is InChI=1S/C24H21ClF4N2O5S/c1-35-21-8-3-14(11-22(21)36-2)9-10-30-37(33,34)16-5-6-19(26)17(13-16)23(32)31-20-7-4-15(25)12-18(20)24(27,28)29/h3-8,11-13,30H,9-10H2,1-2H3,(H,31,32). The van der Waals surface area contributed by atoms with Crippen LogP contribution >= 0.6 is 11.6 Å². The van der Waals surface area contributed by atoms with Crippen LogP contribution in [-0.4, -0.2) is 35.1 Å². The van der Waals surface area contributed by atoms with Gasteiger partial charge in [0.15, 0.2) is 11.5 Å². The third kappa shape index (κ3) is 6.90. The number of hydrogen-bond donors (Lipinski definition) is 2. The Bertz CT molecular complexity index is 1410. The van der Waals surface area contributed by atoms with Crippen LogP contribution in [0.5, 0.6) is 11.5 Å². The van der Waals surface area contributed by atoms with Crippen molar-refractivity contribution in [3.05, 3.63) is 82.1 Å². The van der Waals surface area contributed by atoms with Gasteiger partial charge in [0, 0.05) is 11.6 Å². The summed E-state index contributed by atoms with van der Waals surface area (Å²) < 4.78 is 92.5. The van der Waals surface area contributed by atoms with Crippen molar-refractivity contribution < 1.29 is 40.2 Å². The molecule has 3 aromatic carbocycles. The van der Waals surface area contributed by atoms with E-state index >= 15 is 0 Å². The lowest BCUT2D eigenvalue weighted by Crippen LogP contribution is -2.26. The van der Waals surface area contributed by atoms with Crippen molar-refractivity contribution in [1.82, 2.24) is 4.72 Å². The third-order valence-corrected chi connectivity index (χ3v) is 6.88. The molecular formula is C24H21ClF4N2O5S. The van der Waals surface area contributed by atoms with Crippen LogP contribution in [0, 0.1) is 5.82 Å². The molecule has 3 aromatic rings. The smallest absolute Gasteiger partial charge is 0.418 e. The van der Waals surface area contributed by atoms with E-state index < -0.39 is 49.6 Å². The maximum Gasteiger partial charge on any atom is 0.418 e. The highest BCUT2D eigenvalue weighted by atomic mass is 35.5. The van der Waals surface area contributed by atoms with Crippen LogP contribution in [-0.2, 0) is 22.6 Å². The molecule has 0 fully saturated rings. The average molecular weight is 561 g/mol. The van der Waals surface area contributed by atoms with E-state index in [-0.39, 0.29) is 18.0 Å². The van der Waals surface area contributed by atoms with Crippen LogP contribution < -0.4 is 19.5 Å². The molecule has 198 valence electrons. The van der Waals surface area contributed by atoms with Gasteiger partial charge in [0.2, 0.25) is 10.0 Å². The molecule has 0 radical (unpaired) electrons. The number of ether oxygens (including phenoxy) is 2. The second kappa shape index (κ2) is 11.4. The van der Waals surface area contributed by atoms with Gasteiger partial charge in [-0.05, 0) is 60.5 Å². The SMILES string of the molecule is COc1ccc(CCNS(=O)(=O)c2ccc(F)c(C(=O)Nc3ccc(Cl)cc3C(F)(F)F)c2)cc1OC. The predicted molar refractivity (Wildman–Crippen MR) is 129 cm³/mol. The summed E-state index contributed by atoms with van der Waals surface area (Å²) in [5.41, 5.74) is -1.93. The van der Waals surface area contributed by atoms with Crippen molar-refractivity contribution in [2.75, 3.05) is 26.1 Å². The van der Waals surface area contributed by atoms with Crippen molar-refractivity contribution in [1.29, 1.82) is 0 Å². The number of rotatable bonds is 9. The number of carbonyl (C=O) groups excluding carboxylic acids is 1. The number of anilines is 1. The van der Waals surface area contributed by atoms with Crippen LogP contribution in [0.25, 0.3) is 0 Å². The maximum atomic E-state index is 14.4. The van der Waals surface area contributed by atoms with Crippen molar-refractivity contribution >= 4 is 33.2 Å². The first-order chi connectivity index (χ1) is 17.4. The summed E-state index contributed by atoms with van der Waals surface area (Å²) in [5, 5.41) is 1.75. The molecule has 1 amide bonds. The lowest BCUT2D eigenvalue weighted by Gasteiger charge is -2.15.